The average Bonchev–Trinajstić information content (AvgIpc) is 2.89. The Kier molecular flexibility index (Phi) is 3.00. The standard InChI is InChI=1S/C13H10N4O3/c18-17(19)11-5-3-4-10(8-11)9-20-13-15-14-12-6-1-2-7-16(12)13/h1-8H,9H2. The van der Waals surface area contributed by atoms with Crippen LogP contribution in [0, 0.1) is 10.1 Å². The second-order valence-electron chi connectivity index (χ2n) is 4.13. The van der Waals surface area contributed by atoms with Gasteiger partial charge in [0, 0.05) is 18.3 Å². The molecule has 3 aromatic rings. The van der Waals surface area contributed by atoms with Crippen molar-refractivity contribution in [3.8, 4) is 6.01 Å². The van der Waals surface area contributed by atoms with Crippen molar-refractivity contribution in [2.24, 2.45) is 0 Å². The summed E-state index contributed by atoms with van der Waals surface area (Å²) in [4.78, 5) is 10.3. The van der Waals surface area contributed by atoms with E-state index in [0.717, 1.165) is 0 Å². The first kappa shape index (κ1) is 12.1. The molecule has 20 heavy (non-hydrogen) atoms. The number of fused-ring (bicyclic) bond motifs is 1. The summed E-state index contributed by atoms with van der Waals surface area (Å²) < 4.78 is 7.25. The Labute approximate surface area is 113 Å². The summed E-state index contributed by atoms with van der Waals surface area (Å²) in [5, 5.41) is 18.6. The zero-order chi connectivity index (χ0) is 13.9. The van der Waals surface area contributed by atoms with Crippen molar-refractivity contribution < 1.29 is 9.66 Å². The molecule has 0 radical (unpaired) electrons. The maximum absolute atomic E-state index is 10.7. The number of pyridine rings is 1. The minimum absolute atomic E-state index is 0.0391. The summed E-state index contributed by atoms with van der Waals surface area (Å²) in [5.41, 5.74) is 1.42. The lowest BCUT2D eigenvalue weighted by Gasteiger charge is -2.03. The average molecular weight is 270 g/mol. The van der Waals surface area contributed by atoms with Gasteiger partial charge < -0.3 is 4.74 Å². The maximum Gasteiger partial charge on any atom is 0.321 e. The lowest BCUT2D eigenvalue weighted by Crippen LogP contribution is -2.00. The fourth-order valence-corrected chi connectivity index (χ4v) is 1.83. The van der Waals surface area contributed by atoms with Crippen molar-refractivity contribution in [1.29, 1.82) is 0 Å². The number of aromatic nitrogens is 3. The summed E-state index contributed by atoms with van der Waals surface area (Å²) >= 11 is 0. The van der Waals surface area contributed by atoms with E-state index in [4.69, 9.17) is 4.74 Å². The molecule has 0 aliphatic rings. The van der Waals surface area contributed by atoms with Gasteiger partial charge in [-0.05, 0) is 17.7 Å². The predicted octanol–water partition coefficient (Wildman–Crippen LogP) is 2.22. The number of ether oxygens (including phenoxy) is 1. The minimum atomic E-state index is -0.435. The molecule has 0 saturated heterocycles. The number of nitrogens with zero attached hydrogens (tertiary/aromatic N) is 4. The first-order chi connectivity index (χ1) is 9.74. The van der Waals surface area contributed by atoms with Crippen LogP contribution in [0.3, 0.4) is 0 Å². The van der Waals surface area contributed by atoms with E-state index in [1.165, 1.54) is 12.1 Å². The molecule has 2 aromatic heterocycles. The first-order valence-corrected chi connectivity index (χ1v) is 5.90. The van der Waals surface area contributed by atoms with Gasteiger partial charge in [-0.2, -0.15) is 0 Å². The Hall–Kier alpha value is -2.96. The predicted molar refractivity (Wildman–Crippen MR) is 70.4 cm³/mol. The molecule has 0 aliphatic heterocycles. The normalized spacial score (nSPS) is 10.6. The fraction of sp³-hybridized carbons (Fsp3) is 0.0769. The summed E-state index contributed by atoms with van der Waals surface area (Å²) in [6.07, 6.45) is 1.79. The molecule has 100 valence electrons. The second-order valence-corrected chi connectivity index (χ2v) is 4.13. The maximum atomic E-state index is 10.7. The Morgan fingerprint density at radius 1 is 1.20 bits per heavy atom. The van der Waals surface area contributed by atoms with Gasteiger partial charge in [0.2, 0.25) is 0 Å². The largest absolute Gasteiger partial charge is 0.458 e. The summed E-state index contributed by atoms with van der Waals surface area (Å²) in [5.74, 6) is 0. The van der Waals surface area contributed by atoms with Crippen molar-refractivity contribution in [3.05, 3.63) is 64.3 Å². The number of benzene rings is 1. The van der Waals surface area contributed by atoms with Crippen LogP contribution < -0.4 is 4.74 Å². The molecule has 2 heterocycles. The van der Waals surface area contributed by atoms with E-state index in [9.17, 15) is 10.1 Å². The molecule has 1 aromatic carbocycles. The van der Waals surface area contributed by atoms with Gasteiger partial charge in [0.15, 0.2) is 5.65 Å². The third-order valence-corrected chi connectivity index (χ3v) is 2.77. The van der Waals surface area contributed by atoms with Crippen molar-refractivity contribution in [3.63, 3.8) is 0 Å². The molecule has 0 saturated carbocycles. The van der Waals surface area contributed by atoms with Gasteiger partial charge in [-0.15, -0.1) is 5.10 Å². The van der Waals surface area contributed by atoms with Crippen molar-refractivity contribution in [2.45, 2.75) is 6.61 Å². The van der Waals surface area contributed by atoms with Crippen LogP contribution in [0.4, 0.5) is 5.69 Å². The highest BCUT2D eigenvalue weighted by molar-refractivity contribution is 5.38. The Bertz CT molecular complexity index is 769. The number of rotatable bonds is 4. The summed E-state index contributed by atoms with van der Waals surface area (Å²) in [7, 11) is 0. The monoisotopic (exact) mass is 270 g/mol. The number of non-ortho nitro benzene ring substituents is 1. The van der Waals surface area contributed by atoms with Crippen molar-refractivity contribution >= 4 is 11.3 Å². The molecule has 0 amide bonds. The number of nitro benzene ring substituents is 1. The van der Waals surface area contributed by atoms with E-state index in [-0.39, 0.29) is 12.3 Å². The van der Waals surface area contributed by atoms with Crippen molar-refractivity contribution in [2.75, 3.05) is 0 Å². The lowest BCUT2D eigenvalue weighted by molar-refractivity contribution is -0.384. The molecule has 3 rings (SSSR count). The fourth-order valence-electron chi connectivity index (χ4n) is 1.83. The molecule has 0 fully saturated rings. The van der Waals surface area contributed by atoms with Gasteiger partial charge >= 0.3 is 6.01 Å². The van der Waals surface area contributed by atoms with E-state index in [2.05, 4.69) is 10.2 Å². The van der Waals surface area contributed by atoms with Crippen molar-refractivity contribution in [1.82, 2.24) is 14.6 Å². The van der Waals surface area contributed by atoms with E-state index >= 15 is 0 Å². The molecule has 7 heteroatoms. The van der Waals surface area contributed by atoms with Crippen LogP contribution in [0.15, 0.2) is 48.7 Å². The van der Waals surface area contributed by atoms with Gasteiger partial charge in [0.1, 0.15) is 6.61 Å². The van der Waals surface area contributed by atoms with E-state index < -0.39 is 4.92 Å². The zero-order valence-corrected chi connectivity index (χ0v) is 10.3. The van der Waals surface area contributed by atoms with Gasteiger partial charge in [0.05, 0.1) is 4.92 Å². The Morgan fingerprint density at radius 2 is 2.10 bits per heavy atom. The number of nitro groups is 1. The Balaban J connectivity index is 1.79. The van der Waals surface area contributed by atoms with Crippen LogP contribution in [0.2, 0.25) is 0 Å². The molecule has 0 bridgehead atoms. The summed E-state index contributed by atoms with van der Waals surface area (Å²) in [6, 6.07) is 12.2. The molecule has 0 N–H and O–H groups in total. The van der Waals surface area contributed by atoms with Crippen LogP contribution in [-0.4, -0.2) is 19.5 Å². The first-order valence-electron chi connectivity index (χ1n) is 5.90. The lowest BCUT2D eigenvalue weighted by atomic mass is 10.2. The number of hydrogen-bond donors (Lipinski definition) is 0. The highest BCUT2D eigenvalue weighted by Crippen LogP contribution is 2.16. The highest BCUT2D eigenvalue weighted by atomic mass is 16.6. The van der Waals surface area contributed by atoms with Gasteiger partial charge in [-0.1, -0.05) is 23.3 Å². The smallest absolute Gasteiger partial charge is 0.321 e. The van der Waals surface area contributed by atoms with Crippen LogP contribution >= 0.6 is 0 Å². The van der Waals surface area contributed by atoms with Gasteiger partial charge in [0.25, 0.3) is 5.69 Å². The quantitative estimate of drug-likeness (QED) is 0.536. The van der Waals surface area contributed by atoms with Crippen LogP contribution in [0.1, 0.15) is 5.56 Å². The second kappa shape index (κ2) is 4.96. The van der Waals surface area contributed by atoms with Crippen LogP contribution in [0.25, 0.3) is 5.65 Å². The molecule has 0 aliphatic carbocycles. The topological polar surface area (TPSA) is 82.6 Å². The van der Waals surface area contributed by atoms with Gasteiger partial charge in [-0.25, -0.2) is 0 Å². The molecular weight excluding hydrogens is 260 g/mol. The number of hydrogen-bond acceptors (Lipinski definition) is 5. The Morgan fingerprint density at radius 3 is 2.95 bits per heavy atom. The third-order valence-electron chi connectivity index (χ3n) is 2.77. The molecule has 7 nitrogen and oxygen atoms in total. The van der Waals surface area contributed by atoms with E-state index in [0.29, 0.717) is 17.2 Å². The molecular formula is C13H10N4O3. The third kappa shape index (κ3) is 2.28. The molecule has 0 atom stereocenters. The van der Waals surface area contributed by atoms with E-state index in [1.807, 2.05) is 18.2 Å². The molecule has 0 unspecified atom stereocenters. The zero-order valence-electron chi connectivity index (χ0n) is 10.3. The van der Waals surface area contributed by atoms with E-state index in [1.54, 1.807) is 22.7 Å². The van der Waals surface area contributed by atoms with Crippen LogP contribution in [0.5, 0.6) is 6.01 Å². The SMILES string of the molecule is O=[N+]([O-])c1cccc(COc2nnc3ccccn23)c1. The van der Waals surface area contributed by atoms with Crippen LogP contribution in [-0.2, 0) is 6.61 Å². The highest BCUT2D eigenvalue weighted by Gasteiger charge is 2.08. The molecule has 0 spiro atoms. The minimum Gasteiger partial charge on any atom is -0.458 e. The summed E-state index contributed by atoms with van der Waals surface area (Å²) in [6.45, 7) is 0.192. The van der Waals surface area contributed by atoms with Gasteiger partial charge in [-0.3, -0.25) is 14.5 Å².